The van der Waals surface area contributed by atoms with Gasteiger partial charge in [-0.05, 0) is 12.8 Å². The van der Waals surface area contributed by atoms with Gasteiger partial charge in [0.15, 0.2) is 0 Å². The van der Waals surface area contributed by atoms with Crippen LogP contribution in [0.5, 0.6) is 0 Å². The van der Waals surface area contributed by atoms with Crippen molar-refractivity contribution in [3.8, 4) is 0 Å². The van der Waals surface area contributed by atoms with Gasteiger partial charge in [-0.15, -0.1) is 23.2 Å². The Balaban J connectivity index is 2.01. The molecule has 1 aliphatic rings. The fourth-order valence-electron chi connectivity index (χ4n) is 1.39. The quantitative estimate of drug-likeness (QED) is 0.660. The first-order chi connectivity index (χ1) is 4.79. The van der Waals surface area contributed by atoms with Crippen LogP contribution in [0.1, 0.15) is 25.7 Å². The molecule has 3 heteroatoms. The molecular formula is C7H13Cl2N. The Morgan fingerprint density at radius 2 is 1.90 bits per heavy atom. The lowest BCUT2D eigenvalue weighted by molar-refractivity contribution is 0.538. The van der Waals surface area contributed by atoms with Gasteiger partial charge < -0.3 is 5.32 Å². The van der Waals surface area contributed by atoms with Crippen LogP contribution in [0.4, 0.5) is 0 Å². The summed E-state index contributed by atoms with van der Waals surface area (Å²) >= 11 is 11.1. The molecule has 0 aromatic carbocycles. The van der Waals surface area contributed by atoms with E-state index in [2.05, 4.69) is 5.32 Å². The van der Waals surface area contributed by atoms with Gasteiger partial charge >= 0.3 is 0 Å². The van der Waals surface area contributed by atoms with E-state index in [1.165, 1.54) is 25.7 Å². The van der Waals surface area contributed by atoms with E-state index in [9.17, 15) is 0 Å². The van der Waals surface area contributed by atoms with Crippen LogP contribution in [0.3, 0.4) is 0 Å². The second kappa shape index (κ2) is 4.42. The summed E-state index contributed by atoms with van der Waals surface area (Å²) in [6.07, 6.45) is 5.29. The van der Waals surface area contributed by atoms with Crippen molar-refractivity contribution in [2.45, 2.75) is 36.6 Å². The second-order valence-electron chi connectivity index (χ2n) is 2.78. The Labute approximate surface area is 72.1 Å². The molecule has 0 saturated heterocycles. The first-order valence-corrected chi connectivity index (χ1v) is 4.68. The van der Waals surface area contributed by atoms with Gasteiger partial charge in [-0.2, -0.15) is 0 Å². The minimum Gasteiger partial charge on any atom is -0.311 e. The highest BCUT2D eigenvalue weighted by molar-refractivity contribution is 6.44. The molecule has 0 atom stereocenters. The zero-order valence-electron chi connectivity index (χ0n) is 5.95. The van der Waals surface area contributed by atoms with Crippen LogP contribution < -0.4 is 5.32 Å². The number of hydrogen-bond donors (Lipinski definition) is 1. The summed E-state index contributed by atoms with van der Waals surface area (Å²) in [6.45, 7) is 0.730. The Kier molecular flexibility index (Phi) is 3.82. The van der Waals surface area contributed by atoms with Gasteiger partial charge in [0.2, 0.25) is 0 Å². The van der Waals surface area contributed by atoms with Gasteiger partial charge in [0.05, 0.1) is 0 Å². The number of rotatable bonds is 3. The van der Waals surface area contributed by atoms with Gasteiger partial charge in [-0.1, -0.05) is 12.8 Å². The van der Waals surface area contributed by atoms with Crippen molar-refractivity contribution in [1.82, 2.24) is 5.32 Å². The van der Waals surface area contributed by atoms with E-state index in [1.807, 2.05) is 0 Å². The lowest BCUT2D eigenvalue weighted by atomic mass is 10.2. The van der Waals surface area contributed by atoms with Crippen LogP contribution in [-0.4, -0.2) is 17.4 Å². The molecular weight excluding hydrogens is 169 g/mol. The molecule has 10 heavy (non-hydrogen) atoms. The Bertz CT molecular complexity index is 89.6. The number of nitrogens with one attached hydrogen (secondary N) is 1. The monoisotopic (exact) mass is 181 g/mol. The summed E-state index contributed by atoms with van der Waals surface area (Å²) < 4.78 is 0. The van der Waals surface area contributed by atoms with E-state index >= 15 is 0 Å². The average molecular weight is 182 g/mol. The van der Waals surface area contributed by atoms with E-state index in [0.29, 0.717) is 6.04 Å². The highest BCUT2D eigenvalue weighted by Gasteiger charge is 2.14. The molecule has 1 aliphatic carbocycles. The first kappa shape index (κ1) is 8.63. The molecule has 0 aromatic heterocycles. The molecule has 0 radical (unpaired) electrons. The highest BCUT2D eigenvalue weighted by Crippen LogP contribution is 2.17. The topological polar surface area (TPSA) is 12.0 Å². The van der Waals surface area contributed by atoms with Crippen LogP contribution in [0.2, 0.25) is 0 Å². The zero-order valence-corrected chi connectivity index (χ0v) is 7.46. The molecule has 60 valence electrons. The molecule has 0 aliphatic heterocycles. The minimum absolute atomic E-state index is 0.249. The van der Waals surface area contributed by atoms with Gasteiger partial charge in [-0.25, -0.2) is 0 Å². The van der Waals surface area contributed by atoms with Gasteiger partial charge in [0, 0.05) is 12.6 Å². The molecule has 1 fully saturated rings. The van der Waals surface area contributed by atoms with Crippen molar-refractivity contribution in [1.29, 1.82) is 0 Å². The van der Waals surface area contributed by atoms with Crippen LogP contribution in [0, 0.1) is 0 Å². The van der Waals surface area contributed by atoms with Crippen LogP contribution in [0.15, 0.2) is 0 Å². The Hall–Kier alpha value is 0.540. The number of hydrogen-bond acceptors (Lipinski definition) is 1. The molecule has 0 heterocycles. The molecule has 1 rings (SSSR count). The summed E-state index contributed by atoms with van der Waals surface area (Å²) in [5.74, 6) is 0. The van der Waals surface area contributed by atoms with Gasteiger partial charge in [-0.3, -0.25) is 0 Å². The maximum Gasteiger partial charge on any atom is 0.120 e. The summed E-state index contributed by atoms with van der Waals surface area (Å²) in [6, 6.07) is 0.681. The standard InChI is InChI=1S/C7H13Cl2N/c8-7(9)5-10-6-3-1-2-4-6/h6-7,10H,1-5H2. The smallest absolute Gasteiger partial charge is 0.120 e. The lowest BCUT2D eigenvalue weighted by Crippen LogP contribution is -2.29. The van der Waals surface area contributed by atoms with E-state index in [0.717, 1.165) is 6.54 Å². The molecule has 0 unspecified atom stereocenters. The van der Waals surface area contributed by atoms with E-state index in [1.54, 1.807) is 0 Å². The second-order valence-corrected chi connectivity index (χ2v) is 4.06. The average Bonchev–Trinajstić information content (AvgIpc) is 2.34. The van der Waals surface area contributed by atoms with Crippen molar-refractivity contribution in [3.63, 3.8) is 0 Å². The minimum atomic E-state index is -0.249. The van der Waals surface area contributed by atoms with Crippen molar-refractivity contribution < 1.29 is 0 Å². The Morgan fingerprint density at radius 1 is 1.30 bits per heavy atom. The molecule has 1 N–H and O–H groups in total. The molecule has 0 bridgehead atoms. The summed E-state index contributed by atoms with van der Waals surface area (Å²) in [5.41, 5.74) is 0. The summed E-state index contributed by atoms with van der Waals surface area (Å²) in [4.78, 5) is -0.249. The third-order valence-corrected chi connectivity index (χ3v) is 2.22. The van der Waals surface area contributed by atoms with Crippen molar-refractivity contribution >= 4 is 23.2 Å². The van der Waals surface area contributed by atoms with Gasteiger partial charge in [0.1, 0.15) is 4.84 Å². The Morgan fingerprint density at radius 3 is 2.40 bits per heavy atom. The van der Waals surface area contributed by atoms with E-state index < -0.39 is 0 Å². The maximum atomic E-state index is 5.56. The largest absolute Gasteiger partial charge is 0.311 e. The predicted octanol–water partition coefficient (Wildman–Crippen LogP) is 2.32. The van der Waals surface area contributed by atoms with Crippen LogP contribution >= 0.6 is 23.2 Å². The van der Waals surface area contributed by atoms with Crippen molar-refractivity contribution in [2.24, 2.45) is 0 Å². The van der Waals surface area contributed by atoms with Gasteiger partial charge in [0.25, 0.3) is 0 Å². The molecule has 0 amide bonds. The first-order valence-electron chi connectivity index (χ1n) is 3.80. The summed E-state index contributed by atoms with van der Waals surface area (Å²) in [7, 11) is 0. The van der Waals surface area contributed by atoms with E-state index in [4.69, 9.17) is 23.2 Å². The molecule has 1 saturated carbocycles. The summed E-state index contributed by atoms with van der Waals surface area (Å²) in [5, 5.41) is 3.32. The predicted molar refractivity (Wildman–Crippen MR) is 45.8 cm³/mol. The molecule has 0 spiro atoms. The maximum absolute atomic E-state index is 5.56. The fraction of sp³-hybridized carbons (Fsp3) is 1.00. The fourth-order valence-corrected chi connectivity index (χ4v) is 1.56. The SMILES string of the molecule is ClC(Cl)CNC1CCCC1. The van der Waals surface area contributed by atoms with Crippen molar-refractivity contribution in [2.75, 3.05) is 6.54 Å². The third-order valence-electron chi connectivity index (χ3n) is 1.92. The zero-order chi connectivity index (χ0) is 7.40. The lowest BCUT2D eigenvalue weighted by Gasteiger charge is -2.11. The third kappa shape index (κ3) is 3.09. The molecule has 0 aromatic rings. The van der Waals surface area contributed by atoms with Crippen LogP contribution in [0.25, 0.3) is 0 Å². The normalized spacial score (nSPS) is 20.7. The van der Waals surface area contributed by atoms with E-state index in [-0.39, 0.29) is 4.84 Å². The molecule has 1 nitrogen and oxygen atoms in total. The highest BCUT2D eigenvalue weighted by atomic mass is 35.5. The number of alkyl halides is 2. The van der Waals surface area contributed by atoms with Crippen LogP contribution in [-0.2, 0) is 0 Å². The van der Waals surface area contributed by atoms with Crippen molar-refractivity contribution in [3.05, 3.63) is 0 Å². The number of halogens is 2.